The minimum atomic E-state index is -2.87. The van der Waals surface area contributed by atoms with Gasteiger partial charge in [-0.3, -0.25) is 0 Å². The van der Waals surface area contributed by atoms with Crippen molar-refractivity contribution in [2.75, 3.05) is 0 Å². The van der Waals surface area contributed by atoms with Gasteiger partial charge in [-0.25, -0.2) is 0 Å². The smallest absolute Gasteiger partial charge is 0.148 e. The van der Waals surface area contributed by atoms with Crippen molar-refractivity contribution in [1.82, 2.24) is 0 Å². The Hall–Kier alpha value is -1.88. The van der Waals surface area contributed by atoms with Crippen molar-refractivity contribution in [1.29, 1.82) is 15.8 Å². The average molecular weight is 186 g/mol. The van der Waals surface area contributed by atoms with Gasteiger partial charge in [0.25, 0.3) is 17.4 Å². The van der Waals surface area contributed by atoms with E-state index in [1.54, 1.807) is 30.3 Å². The first kappa shape index (κ1) is 9.21. The molecule has 0 atom stereocenters. The Labute approximate surface area is 76.8 Å². The van der Waals surface area contributed by atoms with E-state index in [4.69, 9.17) is 15.8 Å². The van der Waals surface area contributed by atoms with Crippen LogP contribution in [-0.4, -0.2) is 0 Å². The van der Waals surface area contributed by atoms with E-state index < -0.39 is 7.26 Å². The molecule has 1 aromatic carbocycles. The van der Waals surface area contributed by atoms with Crippen molar-refractivity contribution in [2.24, 2.45) is 0 Å². The van der Waals surface area contributed by atoms with E-state index in [0.29, 0.717) is 5.30 Å². The van der Waals surface area contributed by atoms with E-state index in [1.807, 2.05) is 17.4 Å². The summed E-state index contributed by atoms with van der Waals surface area (Å²) in [6, 6.07) is 8.50. The Bertz CT molecular complexity index is 383. The lowest BCUT2D eigenvalue weighted by molar-refractivity contribution is 1.53. The van der Waals surface area contributed by atoms with Gasteiger partial charge in [-0.2, -0.15) is 0 Å². The fourth-order valence-corrected chi connectivity index (χ4v) is 1.99. The van der Waals surface area contributed by atoms with E-state index in [9.17, 15) is 0 Å². The second-order valence-corrected chi connectivity index (χ2v) is 4.76. The second-order valence-electron chi connectivity index (χ2n) is 2.31. The lowest BCUT2D eigenvalue weighted by Crippen LogP contribution is -2.05. The molecule has 0 aromatic heterocycles. The molecular formula is C9H5N3P+. The number of rotatable bonds is 1. The van der Waals surface area contributed by atoms with Crippen LogP contribution in [0.25, 0.3) is 0 Å². The fourth-order valence-electron chi connectivity index (χ4n) is 0.892. The van der Waals surface area contributed by atoms with Crippen molar-refractivity contribution in [2.45, 2.75) is 0 Å². The SMILES string of the molecule is N#C[P+](C#N)(C#N)c1ccccc1. The molecule has 0 spiro atoms. The van der Waals surface area contributed by atoms with Crippen LogP contribution in [0.2, 0.25) is 0 Å². The molecule has 0 saturated carbocycles. The Morgan fingerprint density at radius 2 is 1.31 bits per heavy atom. The van der Waals surface area contributed by atoms with Gasteiger partial charge in [-0.1, -0.05) is 18.2 Å². The number of nitriles is 3. The van der Waals surface area contributed by atoms with Gasteiger partial charge < -0.3 is 0 Å². The Morgan fingerprint density at radius 3 is 1.69 bits per heavy atom. The van der Waals surface area contributed by atoms with E-state index in [-0.39, 0.29) is 0 Å². The Balaban J connectivity index is 3.31. The summed E-state index contributed by atoms with van der Waals surface area (Å²) in [6.45, 7) is 0. The maximum atomic E-state index is 8.78. The quantitative estimate of drug-likeness (QED) is 0.627. The molecule has 0 amide bonds. The molecule has 0 bridgehead atoms. The number of nitrogens with zero attached hydrogens (tertiary/aromatic N) is 3. The highest BCUT2D eigenvalue weighted by Gasteiger charge is 2.44. The molecule has 0 aliphatic rings. The zero-order chi connectivity index (χ0) is 9.73. The molecule has 60 valence electrons. The molecule has 1 aromatic rings. The molecule has 13 heavy (non-hydrogen) atoms. The van der Waals surface area contributed by atoms with Crippen LogP contribution in [-0.2, 0) is 0 Å². The summed E-state index contributed by atoms with van der Waals surface area (Å²) in [5.74, 6) is 5.46. The van der Waals surface area contributed by atoms with Gasteiger partial charge in [-0.05, 0) is 12.1 Å². The van der Waals surface area contributed by atoms with Gasteiger partial charge >= 0.3 is 7.26 Å². The highest BCUT2D eigenvalue weighted by Crippen LogP contribution is 2.53. The van der Waals surface area contributed by atoms with Crippen molar-refractivity contribution in [3.8, 4) is 17.4 Å². The van der Waals surface area contributed by atoms with Crippen molar-refractivity contribution >= 4 is 12.6 Å². The first-order valence-electron chi connectivity index (χ1n) is 3.48. The molecule has 0 saturated heterocycles. The summed E-state index contributed by atoms with van der Waals surface area (Å²) in [4.78, 5) is 0. The first-order chi connectivity index (χ1) is 6.29. The topological polar surface area (TPSA) is 71.4 Å². The molecule has 4 heteroatoms. The molecule has 0 radical (unpaired) electrons. The summed E-state index contributed by atoms with van der Waals surface area (Å²) in [6.07, 6.45) is 0. The molecule has 3 nitrogen and oxygen atoms in total. The third-order valence-electron chi connectivity index (χ3n) is 1.59. The molecule has 0 aliphatic carbocycles. The standard InChI is InChI=1S/C9H5N3P/c10-6-13(7-11,8-12)9-4-2-1-3-5-9/h1-5H/q+1. The maximum absolute atomic E-state index is 8.78. The molecular weight excluding hydrogens is 181 g/mol. The lowest BCUT2D eigenvalue weighted by Gasteiger charge is -1.96. The number of benzene rings is 1. The Morgan fingerprint density at radius 1 is 0.846 bits per heavy atom. The molecule has 0 fully saturated rings. The molecule has 0 aliphatic heterocycles. The second kappa shape index (κ2) is 3.68. The van der Waals surface area contributed by atoms with E-state index in [1.165, 1.54) is 0 Å². The van der Waals surface area contributed by atoms with Gasteiger partial charge in [0.15, 0.2) is 0 Å². The predicted molar refractivity (Wildman–Crippen MR) is 49.8 cm³/mol. The van der Waals surface area contributed by atoms with Crippen LogP contribution < -0.4 is 5.30 Å². The van der Waals surface area contributed by atoms with Crippen LogP contribution in [0.3, 0.4) is 0 Å². The van der Waals surface area contributed by atoms with Crippen LogP contribution in [0.4, 0.5) is 0 Å². The van der Waals surface area contributed by atoms with Gasteiger partial charge in [-0.15, -0.1) is 15.8 Å². The molecule has 1 rings (SSSR count). The van der Waals surface area contributed by atoms with Gasteiger partial charge in [0.05, 0.1) is 0 Å². The summed E-state index contributed by atoms with van der Waals surface area (Å²) in [5, 5.41) is 26.9. The normalized spacial score (nSPS) is 9.31. The zero-order valence-corrected chi connectivity index (χ0v) is 7.57. The van der Waals surface area contributed by atoms with Crippen molar-refractivity contribution in [3.63, 3.8) is 0 Å². The van der Waals surface area contributed by atoms with Crippen LogP contribution in [0.1, 0.15) is 0 Å². The number of hydrogen-bond donors (Lipinski definition) is 0. The van der Waals surface area contributed by atoms with Crippen molar-refractivity contribution < 1.29 is 0 Å². The highest BCUT2D eigenvalue weighted by molar-refractivity contribution is 7.95. The zero-order valence-electron chi connectivity index (χ0n) is 6.68. The summed E-state index contributed by atoms with van der Waals surface area (Å²) >= 11 is 0. The molecule has 0 unspecified atom stereocenters. The summed E-state index contributed by atoms with van der Waals surface area (Å²) < 4.78 is 0. The average Bonchev–Trinajstić information content (AvgIpc) is 2.23. The fraction of sp³-hybridized carbons (Fsp3) is 0. The molecule has 0 N–H and O–H groups in total. The van der Waals surface area contributed by atoms with Gasteiger partial charge in [0, 0.05) is 0 Å². The van der Waals surface area contributed by atoms with Gasteiger partial charge in [0.1, 0.15) is 5.30 Å². The first-order valence-corrected chi connectivity index (χ1v) is 5.26. The van der Waals surface area contributed by atoms with E-state index >= 15 is 0 Å². The summed E-state index contributed by atoms with van der Waals surface area (Å²) in [5.41, 5.74) is 0. The van der Waals surface area contributed by atoms with Crippen LogP contribution >= 0.6 is 7.26 Å². The van der Waals surface area contributed by atoms with E-state index in [0.717, 1.165) is 0 Å². The van der Waals surface area contributed by atoms with Crippen LogP contribution in [0, 0.1) is 33.2 Å². The third-order valence-corrected chi connectivity index (χ3v) is 3.57. The predicted octanol–water partition coefficient (Wildman–Crippen LogP) is 1.77. The molecule has 0 heterocycles. The van der Waals surface area contributed by atoms with Crippen LogP contribution in [0.5, 0.6) is 0 Å². The lowest BCUT2D eigenvalue weighted by atomic mass is 10.4. The monoisotopic (exact) mass is 186 g/mol. The third kappa shape index (κ3) is 1.50. The minimum Gasteiger partial charge on any atom is -0.148 e. The summed E-state index contributed by atoms with van der Waals surface area (Å²) in [7, 11) is -2.87. The minimum absolute atomic E-state index is 0.530. The van der Waals surface area contributed by atoms with Crippen molar-refractivity contribution in [3.05, 3.63) is 30.3 Å². The maximum Gasteiger partial charge on any atom is 0.361 e. The highest BCUT2D eigenvalue weighted by atomic mass is 31.2. The number of hydrogen-bond acceptors (Lipinski definition) is 3. The largest absolute Gasteiger partial charge is 0.361 e. The van der Waals surface area contributed by atoms with Gasteiger partial charge in [0.2, 0.25) is 0 Å². The van der Waals surface area contributed by atoms with E-state index in [2.05, 4.69) is 0 Å². The Kier molecular flexibility index (Phi) is 2.61. The van der Waals surface area contributed by atoms with Crippen LogP contribution in [0.15, 0.2) is 30.3 Å².